The van der Waals surface area contributed by atoms with E-state index in [9.17, 15) is 14.4 Å². The molecule has 80 valence electrons. The van der Waals surface area contributed by atoms with Gasteiger partial charge in [-0.3, -0.25) is 9.59 Å². The molecule has 0 rings (SSSR count). The summed E-state index contributed by atoms with van der Waals surface area (Å²) in [6, 6.07) is -0.749. The summed E-state index contributed by atoms with van der Waals surface area (Å²) in [5.41, 5.74) is 0. The maximum absolute atomic E-state index is 11.0. The van der Waals surface area contributed by atoms with Crippen molar-refractivity contribution in [1.82, 2.24) is 5.32 Å². The zero-order chi connectivity index (χ0) is 11.1. The van der Waals surface area contributed by atoms with Gasteiger partial charge in [-0.15, -0.1) is 0 Å². The molecule has 0 saturated carbocycles. The van der Waals surface area contributed by atoms with E-state index in [2.05, 4.69) is 10.1 Å². The summed E-state index contributed by atoms with van der Waals surface area (Å²) in [7, 11) is 1.21. The Hall–Kier alpha value is -1.59. The number of methoxy groups -OCH3 is 1. The highest BCUT2D eigenvalue weighted by Gasteiger charge is 2.15. The number of hydrogen-bond acceptors (Lipinski definition) is 4. The summed E-state index contributed by atoms with van der Waals surface area (Å²) in [6.45, 7) is 1.46. The summed E-state index contributed by atoms with van der Waals surface area (Å²) in [4.78, 5) is 31.9. The maximum atomic E-state index is 11.0. The van der Waals surface area contributed by atoms with Crippen LogP contribution in [0.5, 0.6) is 0 Å². The molecule has 0 radical (unpaired) electrons. The molecule has 1 atom stereocenters. The van der Waals surface area contributed by atoms with Gasteiger partial charge in [0, 0.05) is 6.42 Å². The van der Waals surface area contributed by atoms with Crippen LogP contribution in [-0.2, 0) is 19.1 Å². The Labute approximate surface area is 81.2 Å². The normalized spacial score (nSPS) is 11.6. The first-order chi connectivity index (χ1) is 6.47. The molecule has 0 saturated heterocycles. The monoisotopic (exact) mass is 203 g/mol. The highest BCUT2D eigenvalue weighted by Crippen LogP contribution is 1.92. The van der Waals surface area contributed by atoms with Gasteiger partial charge in [-0.05, 0) is 6.92 Å². The number of esters is 1. The molecule has 2 N–H and O–H groups in total. The van der Waals surface area contributed by atoms with Crippen LogP contribution in [0.15, 0.2) is 0 Å². The Kier molecular flexibility index (Phi) is 5.28. The molecule has 0 aromatic heterocycles. The van der Waals surface area contributed by atoms with Crippen molar-refractivity contribution in [3.05, 3.63) is 0 Å². The van der Waals surface area contributed by atoms with Crippen LogP contribution in [-0.4, -0.2) is 36.1 Å². The topological polar surface area (TPSA) is 92.7 Å². The van der Waals surface area contributed by atoms with Crippen LogP contribution in [0.4, 0.5) is 0 Å². The average Bonchev–Trinajstić information content (AvgIpc) is 2.13. The van der Waals surface area contributed by atoms with Crippen LogP contribution in [0.25, 0.3) is 0 Å². The lowest BCUT2D eigenvalue weighted by molar-refractivity contribution is -0.144. The zero-order valence-electron chi connectivity index (χ0n) is 8.07. The van der Waals surface area contributed by atoms with E-state index in [0.717, 1.165) is 0 Å². The van der Waals surface area contributed by atoms with Gasteiger partial charge in [-0.2, -0.15) is 0 Å². The third-order valence-corrected chi connectivity index (χ3v) is 1.50. The molecule has 0 aliphatic carbocycles. The molecule has 6 nitrogen and oxygen atoms in total. The van der Waals surface area contributed by atoms with Crippen LogP contribution >= 0.6 is 0 Å². The molecule has 1 unspecified atom stereocenters. The molecule has 0 fully saturated rings. The highest BCUT2D eigenvalue weighted by atomic mass is 16.5. The van der Waals surface area contributed by atoms with Gasteiger partial charge in [0.1, 0.15) is 6.04 Å². The molecule has 14 heavy (non-hydrogen) atoms. The molecule has 0 bridgehead atoms. The minimum atomic E-state index is -1.05. The van der Waals surface area contributed by atoms with Gasteiger partial charge >= 0.3 is 11.9 Å². The van der Waals surface area contributed by atoms with Gasteiger partial charge < -0.3 is 15.2 Å². The van der Waals surface area contributed by atoms with E-state index in [1.54, 1.807) is 0 Å². The highest BCUT2D eigenvalue weighted by molar-refractivity contribution is 5.85. The second-order valence-corrected chi connectivity index (χ2v) is 2.71. The number of carboxylic acid groups (broad SMARTS) is 1. The van der Waals surface area contributed by atoms with Crippen molar-refractivity contribution < 1.29 is 24.2 Å². The Morgan fingerprint density at radius 3 is 2.36 bits per heavy atom. The fourth-order valence-corrected chi connectivity index (χ4v) is 0.770. The van der Waals surface area contributed by atoms with E-state index in [1.807, 2.05) is 0 Å². The third kappa shape index (κ3) is 5.13. The largest absolute Gasteiger partial charge is 0.481 e. The summed E-state index contributed by atoms with van der Waals surface area (Å²) in [5, 5.41) is 10.6. The van der Waals surface area contributed by atoms with Crippen molar-refractivity contribution >= 4 is 17.8 Å². The molecule has 1 amide bonds. The Morgan fingerprint density at radius 1 is 1.36 bits per heavy atom. The molecule has 0 heterocycles. The molecule has 0 aliphatic rings. The second-order valence-electron chi connectivity index (χ2n) is 2.71. The molecular weight excluding hydrogens is 190 g/mol. The molecule has 0 spiro atoms. The van der Waals surface area contributed by atoms with Gasteiger partial charge in [0.25, 0.3) is 0 Å². The van der Waals surface area contributed by atoms with Gasteiger partial charge in [0.15, 0.2) is 0 Å². The Balaban J connectivity index is 3.82. The lowest BCUT2D eigenvalue weighted by atomic mass is 10.2. The van der Waals surface area contributed by atoms with E-state index in [1.165, 1.54) is 14.0 Å². The first kappa shape index (κ1) is 12.4. The summed E-state index contributed by atoms with van der Waals surface area (Å²) in [6.07, 6.45) is -0.392. The number of rotatable bonds is 5. The Morgan fingerprint density at radius 2 is 1.93 bits per heavy atom. The van der Waals surface area contributed by atoms with Crippen molar-refractivity contribution in [3.8, 4) is 0 Å². The fraction of sp³-hybridized carbons (Fsp3) is 0.625. The van der Waals surface area contributed by atoms with Crippen molar-refractivity contribution in [2.75, 3.05) is 7.11 Å². The average molecular weight is 203 g/mol. The molecule has 0 aromatic rings. The first-order valence-corrected chi connectivity index (χ1v) is 4.06. The lowest BCUT2D eigenvalue weighted by Gasteiger charge is -2.10. The zero-order valence-corrected chi connectivity index (χ0v) is 8.07. The van der Waals surface area contributed by atoms with E-state index < -0.39 is 23.9 Å². The number of carbonyl (C=O) groups is 3. The molecule has 0 aromatic carbocycles. The van der Waals surface area contributed by atoms with Crippen molar-refractivity contribution in [2.45, 2.75) is 25.8 Å². The van der Waals surface area contributed by atoms with Crippen molar-refractivity contribution in [3.63, 3.8) is 0 Å². The second kappa shape index (κ2) is 5.95. The quantitative estimate of drug-likeness (QED) is 0.589. The molecule has 6 heteroatoms. The summed E-state index contributed by atoms with van der Waals surface area (Å²) >= 11 is 0. The lowest BCUT2D eigenvalue weighted by Crippen LogP contribution is -2.39. The SMILES string of the molecule is COC(=O)C(C)NC(=O)CCC(=O)O. The number of carboxylic acids is 1. The third-order valence-electron chi connectivity index (χ3n) is 1.50. The van der Waals surface area contributed by atoms with Crippen LogP contribution in [0.3, 0.4) is 0 Å². The minimum absolute atomic E-state index is 0.142. The Bertz CT molecular complexity index is 238. The van der Waals surface area contributed by atoms with E-state index in [-0.39, 0.29) is 12.8 Å². The number of aliphatic carboxylic acids is 1. The molecular formula is C8H13NO5. The number of carbonyl (C=O) groups excluding carboxylic acids is 2. The first-order valence-electron chi connectivity index (χ1n) is 4.06. The van der Waals surface area contributed by atoms with E-state index >= 15 is 0 Å². The number of nitrogens with one attached hydrogen (secondary N) is 1. The standard InChI is InChI=1S/C8H13NO5/c1-5(8(13)14-2)9-6(10)3-4-7(11)12/h5H,3-4H2,1-2H3,(H,9,10)(H,11,12). The van der Waals surface area contributed by atoms with Gasteiger partial charge in [-0.1, -0.05) is 0 Å². The van der Waals surface area contributed by atoms with Crippen LogP contribution in [0.1, 0.15) is 19.8 Å². The number of amides is 1. The van der Waals surface area contributed by atoms with Gasteiger partial charge in [-0.25, -0.2) is 4.79 Å². The van der Waals surface area contributed by atoms with Crippen molar-refractivity contribution in [2.24, 2.45) is 0 Å². The summed E-state index contributed by atoms with van der Waals surface area (Å²) < 4.78 is 4.37. The maximum Gasteiger partial charge on any atom is 0.328 e. The van der Waals surface area contributed by atoms with Crippen molar-refractivity contribution in [1.29, 1.82) is 0 Å². The van der Waals surface area contributed by atoms with Crippen LogP contribution in [0.2, 0.25) is 0 Å². The minimum Gasteiger partial charge on any atom is -0.481 e. The number of ether oxygens (including phenoxy) is 1. The van der Waals surface area contributed by atoms with E-state index in [0.29, 0.717) is 0 Å². The van der Waals surface area contributed by atoms with Gasteiger partial charge in [0.05, 0.1) is 13.5 Å². The predicted octanol–water partition coefficient (Wildman–Crippen LogP) is -0.471. The predicted molar refractivity (Wildman–Crippen MR) is 46.5 cm³/mol. The van der Waals surface area contributed by atoms with Gasteiger partial charge in [0.2, 0.25) is 5.91 Å². The van der Waals surface area contributed by atoms with E-state index in [4.69, 9.17) is 5.11 Å². The fourth-order valence-electron chi connectivity index (χ4n) is 0.770. The van der Waals surface area contributed by atoms with Crippen LogP contribution in [0, 0.1) is 0 Å². The summed E-state index contributed by atoms with van der Waals surface area (Å²) in [5.74, 6) is -2.09. The smallest absolute Gasteiger partial charge is 0.328 e. The molecule has 0 aliphatic heterocycles. The van der Waals surface area contributed by atoms with Crippen LogP contribution < -0.4 is 5.32 Å². The number of hydrogen-bond donors (Lipinski definition) is 2.